The summed E-state index contributed by atoms with van der Waals surface area (Å²) in [5, 5.41) is 8.07. The predicted octanol–water partition coefficient (Wildman–Crippen LogP) is 5.82. The Hall–Kier alpha value is -3.85. The van der Waals surface area contributed by atoms with Gasteiger partial charge in [-0.25, -0.2) is 0 Å². The number of nitrogens with one attached hydrogen (secondary N) is 1. The number of carbonyl (C=O) groups is 2. The molecule has 9 heteroatoms. The summed E-state index contributed by atoms with van der Waals surface area (Å²) >= 11 is 1.40. The van der Waals surface area contributed by atoms with Gasteiger partial charge in [0.15, 0.2) is 0 Å². The number of pyridine rings is 1. The summed E-state index contributed by atoms with van der Waals surface area (Å²) in [6.45, 7) is 11.7. The highest BCUT2D eigenvalue weighted by atomic mass is 32.2. The van der Waals surface area contributed by atoms with Gasteiger partial charge in [0.25, 0.3) is 0 Å². The Balaban J connectivity index is 1.49. The Bertz CT molecular complexity index is 1500. The van der Waals surface area contributed by atoms with Crippen LogP contribution in [0.1, 0.15) is 45.7 Å². The monoisotopic (exact) mass is 531 g/mol. The number of nitrogens with zero attached hydrogens (tertiary/aromatic N) is 3. The number of thioether (sulfide) groups is 1. The number of amides is 2. The van der Waals surface area contributed by atoms with Crippen LogP contribution in [0.3, 0.4) is 0 Å². The van der Waals surface area contributed by atoms with Crippen LogP contribution in [0.5, 0.6) is 11.5 Å². The van der Waals surface area contributed by atoms with Crippen molar-refractivity contribution in [3.05, 3.63) is 72.2 Å². The quantitative estimate of drug-likeness (QED) is 0.277. The summed E-state index contributed by atoms with van der Waals surface area (Å²) in [5.74, 6) is 0.840. The summed E-state index contributed by atoms with van der Waals surface area (Å²) in [6, 6.07) is 13.3. The zero-order valence-corrected chi connectivity index (χ0v) is 23.3. The molecule has 0 aliphatic carbocycles. The fourth-order valence-electron chi connectivity index (χ4n) is 3.80. The van der Waals surface area contributed by atoms with Gasteiger partial charge in [-0.2, -0.15) is 5.10 Å². The Morgan fingerprint density at radius 2 is 1.82 bits per heavy atom. The maximum atomic E-state index is 12.6. The van der Waals surface area contributed by atoms with Crippen molar-refractivity contribution in [2.75, 3.05) is 5.32 Å². The first kappa shape index (κ1) is 27.2. The second kappa shape index (κ2) is 10.5. The maximum absolute atomic E-state index is 12.6. The van der Waals surface area contributed by atoms with Crippen molar-refractivity contribution in [3.63, 3.8) is 0 Å². The molecule has 0 spiro atoms. The number of primary amides is 1. The fraction of sp³-hybridized carbons (Fsp3) is 0.310. The van der Waals surface area contributed by atoms with Crippen molar-refractivity contribution in [1.29, 1.82) is 0 Å². The molecule has 198 valence electrons. The molecular weight excluding hydrogens is 498 g/mol. The van der Waals surface area contributed by atoms with Crippen molar-refractivity contribution >= 4 is 40.2 Å². The first-order chi connectivity index (χ1) is 17.8. The first-order valence-electron chi connectivity index (χ1n) is 12.3. The minimum Gasteiger partial charge on any atom is -0.456 e. The number of hydrogen-bond acceptors (Lipinski definition) is 6. The molecule has 2 aromatic heterocycles. The van der Waals surface area contributed by atoms with Gasteiger partial charge in [-0.05, 0) is 83.0 Å². The zero-order valence-electron chi connectivity index (χ0n) is 22.5. The molecule has 0 saturated heterocycles. The molecule has 0 unspecified atom stereocenters. The van der Waals surface area contributed by atoms with E-state index in [1.54, 1.807) is 26.2 Å². The number of ether oxygens (including phenoxy) is 1. The lowest BCUT2D eigenvalue weighted by molar-refractivity contribution is -0.119. The molecule has 8 nitrogen and oxygen atoms in total. The van der Waals surface area contributed by atoms with Gasteiger partial charge in [-0.3, -0.25) is 19.3 Å². The molecule has 0 bridgehead atoms. The van der Waals surface area contributed by atoms with Crippen LogP contribution in [-0.4, -0.2) is 31.3 Å². The SMILES string of the molecule is Cc1cc(CC(=O)Nc2cnn(C(C)(C)C)c2)ccc1Oc1ccnc2ccc(SC(C)(C)C(N)=O)cc12. The van der Waals surface area contributed by atoms with E-state index in [2.05, 4.69) is 36.2 Å². The highest BCUT2D eigenvalue weighted by Crippen LogP contribution is 2.37. The third-order valence-electron chi connectivity index (χ3n) is 6.02. The van der Waals surface area contributed by atoms with E-state index in [4.69, 9.17) is 10.5 Å². The number of benzene rings is 2. The van der Waals surface area contributed by atoms with E-state index in [0.717, 1.165) is 26.9 Å². The van der Waals surface area contributed by atoms with Crippen LogP contribution in [0.25, 0.3) is 10.9 Å². The van der Waals surface area contributed by atoms with Crippen molar-refractivity contribution in [3.8, 4) is 11.5 Å². The Morgan fingerprint density at radius 1 is 1.05 bits per heavy atom. The number of hydrogen-bond donors (Lipinski definition) is 2. The second-order valence-electron chi connectivity index (χ2n) is 10.7. The van der Waals surface area contributed by atoms with Gasteiger partial charge in [0.2, 0.25) is 11.8 Å². The smallest absolute Gasteiger partial charge is 0.233 e. The topological polar surface area (TPSA) is 112 Å². The van der Waals surface area contributed by atoms with Gasteiger partial charge in [-0.1, -0.05) is 12.1 Å². The minimum atomic E-state index is -0.747. The van der Waals surface area contributed by atoms with Crippen molar-refractivity contribution in [1.82, 2.24) is 14.8 Å². The molecule has 2 amide bonds. The summed E-state index contributed by atoms with van der Waals surface area (Å²) in [4.78, 5) is 29.8. The molecule has 38 heavy (non-hydrogen) atoms. The predicted molar refractivity (Wildman–Crippen MR) is 152 cm³/mol. The van der Waals surface area contributed by atoms with Crippen molar-refractivity contribution < 1.29 is 14.3 Å². The molecule has 2 heterocycles. The van der Waals surface area contributed by atoms with E-state index in [0.29, 0.717) is 17.2 Å². The van der Waals surface area contributed by atoms with E-state index in [9.17, 15) is 9.59 Å². The average Bonchev–Trinajstić information content (AvgIpc) is 3.30. The van der Waals surface area contributed by atoms with Crippen molar-refractivity contribution in [2.45, 2.75) is 63.1 Å². The third kappa shape index (κ3) is 6.34. The van der Waals surface area contributed by atoms with Gasteiger partial charge >= 0.3 is 0 Å². The summed E-state index contributed by atoms with van der Waals surface area (Å²) in [5.41, 5.74) is 8.63. The molecule has 0 fully saturated rings. The van der Waals surface area contributed by atoms with Gasteiger partial charge in [0, 0.05) is 22.7 Å². The molecular formula is C29H33N5O3S. The third-order valence-corrected chi connectivity index (χ3v) is 7.22. The standard InChI is InChI=1S/C29H33N5O3S/c1-18-13-19(14-26(35)33-20-16-32-34(17-20)28(2,3)4)7-10-24(18)37-25-11-12-31-23-9-8-21(15-22(23)25)38-29(5,6)27(30)36/h7-13,15-17H,14H2,1-6H3,(H2,30,36)(H,33,35). The summed E-state index contributed by atoms with van der Waals surface area (Å²) in [6.07, 6.45) is 5.42. The van der Waals surface area contributed by atoms with Crippen LogP contribution in [0.2, 0.25) is 0 Å². The van der Waals surface area contributed by atoms with E-state index in [1.165, 1.54) is 11.8 Å². The number of fused-ring (bicyclic) bond motifs is 1. The van der Waals surface area contributed by atoms with Crippen LogP contribution in [0.4, 0.5) is 5.69 Å². The molecule has 0 aliphatic rings. The number of nitrogens with two attached hydrogens (primary N) is 1. The van der Waals surface area contributed by atoms with E-state index in [-0.39, 0.29) is 23.8 Å². The number of aromatic nitrogens is 3. The summed E-state index contributed by atoms with van der Waals surface area (Å²) in [7, 11) is 0. The highest BCUT2D eigenvalue weighted by molar-refractivity contribution is 8.01. The van der Waals surface area contributed by atoms with Crippen molar-refractivity contribution in [2.24, 2.45) is 5.73 Å². The van der Waals surface area contributed by atoms with Crippen LogP contribution in [-0.2, 0) is 21.5 Å². The molecule has 0 radical (unpaired) electrons. The van der Waals surface area contributed by atoms with Crippen LogP contribution in [0.15, 0.2) is 66.0 Å². The largest absolute Gasteiger partial charge is 0.456 e. The summed E-state index contributed by atoms with van der Waals surface area (Å²) < 4.78 is 7.37. The van der Waals surface area contributed by atoms with Crippen LogP contribution in [0, 0.1) is 6.92 Å². The number of rotatable bonds is 8. The van der Waals surface area contributed by atoms with E-state index >= 15 is 0 Å². The van der Waals surface area contributed by atoms with E-state index in [1.807, 2.05) is 60.3 Å². The Morgan fingerprint density at radius 3 is 2.47 bits per heavy atom. The normalized spacial score (nSPS) is 11.9. The van der Waals surface area contributed by atoms with E-state index < -0.39 is 4.75 Å². The number of carbonyl (C=O) groups excluding carboxylic acids is 2. The maximum Gasteiger partial charge on any atom is 0.233 e. The Kier molecular flexibility index (Phi) is 7.51. The minimum absolute atomic E-state index is 0.115. The fourth-order valence-corrected chi connectivity index (χ4v) is 4.80. The number of aryl methyl sites for hydroxylation is 1. The lowest BCUT2D eigenvalue weighted by atomic mass is 10.1. The highest BCUT2D eigenvalue weighted by Gasteiger charge is 2.26. The Labute approximate surface area is 227 Å². The molecule has 0 aliphatic heterocycles. The van der Waals surface area contributed by atoms with Gasteiger partial charge in [0.1, 0.15) is 11.5 Å². The van der Waals surface area contributed by atoms with Gasteiger partial charge < -0.3 is 15.8 Å². The first-order valence-corrected chi connectivity index (χ1v) is 13.1. The molecule has 4 rings (SSSR count). The number of anilines is 1. The second-order valence-corrected chi connectivity index (χ2v) is 12.4. The van der Waals surface area contributed by atoms with Crippen LogP contribution >= 0.6 is 11.8 Å². The average molecular weight is 532 g/mol. The molecule has 3 N–H and O–H groups in total. The molecule has 0 atom stereocenters. The lowest BCUT2D eigenvalue weighted by Crippen LogP contribution is -2.34. The van der Waals surface area contributed by atoms with Gasteiger partial charge in [0.05, 0.1) is 34.1 Å². The zero-order chi connectivity index (χ0) is 27.7. The van der Waals surface area contributed by atoms with Crippen LogP contribution < -0.4 is 15.8 Å². The molecule has 2 aromatic carbocycles. The lowest BCUT2D eigenvalue weighted by Gasteiger charge is -2.20. The van der Waals surface area contributed by atoms with Gasteiger partial charge in [-0.15, -0.1) is 11.8 Å². The molecule has 0 saturated carbocycles. The molecule has 4 aromatic rings.